The second kappa shape index (κ2) is 5.10. The van der Waals surface area contributed by atoms with Gasteiger partial charge in [0.15, 0.2) is 0 Å². The average Bonchev–Trinajstić information content (AvgIpc) is 3.26. The van der Waals surface area contributed by atoms with E-state index in [1.807, 2.05) is 0 Å². The van der Waals surface area contributed by atoms with E-state index in [-0.39, 0.29) is 51.7 Å². The lowest BCUT2D eigenvalue weighted by molar-refractivity contribution is -0.908. The molecule has 5 nitrogen and oxygen atoms in total. The largest absolute Gasteiger partial charge is 0.633 e. The number of hydrogen-bond acceptors (Lipinski definition) is 4. The van der Waals surface area contributed by atoms with Crippen LogP contribution in [-0.2, 0) is 14.3 Å². The van der Waals surface area contributed by atoms with E-state index < -0.39 is 5.41 Å². The number of allylic oxidation sites excluding steroid dienone is 2. The standard InChI is InChI=1S/C23H31NO4/c1-12-10-24(27)11-14-6-4-13-5-7-15-17(21(26)28-3)9-23(19(13)15)20(25)16(12)8-18(24)22(14,23)2/h12,14-18H,4-11H2,1-3H3/t12?,14?,15?,16?,17?,18?,22-,23+,24?/m1/s1. The maximum atomic E-state index is 14.3. The van der Waals surface area contributed by atoms with Gasteiger partial charge >= 0.3 is 5.97 Å². The Bertz CT molecular complexity index is 834. The van der Waals surface area contributed by atoms with Gasteiger partial charge in [-0.1, -0.05) is 25.0 Å². The number of hydrogen-bond donors (Lipinski definition) is 0. The molecule has 6 rings (SSSR count). The molecule has 0 aromatic rings. The van der Waals surface area contributed by atoms with Crippen molar-refractivity contribution in [2.75, 3.05) is 20.2 Å². The van der Waals surface area contributed by atoms with Crippen molar-refractivity contribution >= 4 is 11.8 Å². The first-order valence-corrected chi connectivity index (χ1v) is 11.2. The maximum Gasteiger partial charge on any atom is 0.309 e. The van der Waals surface area contributed by atoms with Gasteiger partial charge in [-0.2, -0.15) is 0 Å². The first kappa shape index (κ1) is 17.6. The number of piperidine rings is 1. The van der Waals surface area contributed by atoms with Crippen molar-refractivity contribution in [1.82, 2.24) is 0 Å². The van der Waals surface area contributed by atoms with Crippen LogP contribution in [0.25, 0.3) is 0 Å². The van der Waals surface area contributed by atoms with E-state index >= 15 is 0 Å². The van der Waals surface area contributed by atoms with Crippen LogP contribution in [0.2, 0.25) is 0 Å². The van der Waals surface area contributed by atoms with Crippen LogP contribution in [0, 0.1) is 45.6 Å². The number of carbonyl (C=O) groups is 2. The Balaban J connectivity index is 1.63. The zero-order chi connectivity index (χ0) is 19.6. The summed E-state index contributed by atoms with van der Waals surface area (Å²) in [6.45, 7) is 5.65. The van der Waals surface area contributed by atoms with Gasteiger partial charge in [-0.05, 0) is 38.0 Å². The highest BCUT2D eigenvalue weighted by atomic mass is 16.6. The lowest BCUT2D eigenvalue weighted by Gasteiger charge is -2.62. The number of fused-ring (bicyclic) bond motifs is 1. The fourth-order valence-corrected chi connectivity index (χ4v) is 9.37. The Morgan fingerprint density at radius 2 is 1.96 bits per heavy atom. The number of carbonyl (C=O) groups excluding carboxylic acids is 2. The number of ketones is 1. The van der Waals surface area contributed by atoms with Crippen molar-refractivity contribution < 1.29 is 19.0 Å². The number of ether oxygens (including phenoxy) is 1. The number of rotatable bonds is 1. The zero-order valence-corrected chi connectivity index (χ0v) is 17.2. The highest BCUT2D eigenvalue weighted by molar-refractivity contribution is 5.95. The first-order valence-electron chi connectivity index (χ1n) is 11.2. The lowest BCUT2D eigenvalue weighted by Crippen LogP contribution is -2.68. The van der Waals surface area contributed by atoms with Crippen LogP contribution in [0.3, 0.4) is 0 Å². The predicted molar refractivity (Wildman–Crippen MR) is 103 cm³/mol. The molecule has 6 aliphatic rings. The summed E-state index contributed by atoms with van der Waals surface area (Å²) in [5.41, 5.74) is 1.88. The van der Waals surface area contributed by atoms with Gasteiger partial charge in [0.05, 0.1) is 37.6 Å². The van der Waals surface area contributed by atoms with Crippen molar-refractivity contribution in [2.45, 2.75) is 58.4 Å². The van der Waals surface area contributed by atoms with E-state index in [2.05, 4.69) is 13.8 Å². The molecule has 2 bridgehead atoms. The monoisotopic (exact) mass is 385 g/mol. The topological polar surface area (TPSA) is 66.4 Å². The van der Waals surface area contributed by atoms with Crippen LogP contribution in [0.15, 0.2) is 11.1 Å². The quantitative estimate of drug-likeness (QED) is 0.301. The van der Waals surface area contributed by atoms with Gasteiger partial charge in [-0.3, -0.25) is 9.59 Å². The number of Topliss-reactive ketones (excluding diaryl/α,β-unsaturated/α-hetero) is 1. The molecule has 0 radical (unpaired) electrons. The Morgan fingerprint density at radius 3 is 2.71 bits per heavy atom. The second-order valence-corrected chi connectivity index (χ2v) is 10.9. The third-order valence-corrected chi connectivity index (χ3v) is 10.4. The smallest absolute Gasteiger partial charge is 0.309 e. The van der Waals surface area contributed by atoms with Gasteiger partial charge in [0.2, 0.25) is 0 Å². The average molecular weight is 386 g/mol. The Kier molecular flexibility index (Phi) is 3.21. The van der Waals surface area contributed by atoms with Crippen LogP contribution in [-0.4, -0.2) is 42.6 Å². The molecule has 7 unspecified atom stereocenters. The Morgan fingerprint density at radius 1 is 1.21 bits per heavy atom. The normalized spacial score (nSPS) is 55.9. The van der Waals surface area contributed by atoms with Crippen molar-refractivity contribution in [2.24, 2.45) is 40.4 Å². The minimum absolute atomic E-state index is 0.0125. The molecule has 152 valence electrons. The Hall–Kier alpha value is -1.20. The second-order valence-electron chi connectivity index (χ2n) is 10.9. The number of methoxy groups -OCH3 is 1. The van der Waals surface area contributed by atoms with E-state index in [4.69, 9.17) is 4.74 Å². The van der Waals surface area contributed by atoms with Gasteiger partial charge in [-0.15, -0.1) is 0 Å². The van der Waals surface area contributed by atoms with Crippen molar-refractivity contribution in [1.29, 1.82) is 0 Å². The molecule has 4 aliphatic carbocycles. The molecule has 9 atom stereocenters. The molecular formula is C23H31NO4. The Labute approximate surface area is 166 Å². The van der Waals surface area contributed by atoms with Crippen molar-refractivity contribution in [3.8, 4) is 0 Å². The minimum Gasteiger partial charge on any atom is -0.633 e. The van der Waals surface area contributed by atoms with Crippen LogP contribution in [0.5, 0.6) is 0 Å². The summed E-state index contributed by atoms with van der Waals surface area (Å²) in [5.74, 6) is 0.588. The van der Waals surface area contributed by atoms with Crippen molar-refractivity contribution in [3.05, 3.63) is 16.4 Å². The molecule has 0 amide bonds. The van der Waals surface area contributed by atoms with Gasteiger partial charge in [0, 0.05) is 29.6 Å². The third kappa shape index (κ3) is 1.63. The summed E-state index contributed by atoms with van der Waals surface area (Å²) in [5, 5.41) is 14.0. The summed E-state index contributed by atoms with van der Waals surface area (Å²) >= 11 is 0. The highest BCUT2D eigenvalue weighted by Gasteiger charge is 2.79. The highest BCUT2D eigenvalue weighted by Crippen LogP contribution is 2.76. The lowest BCUT2D eigenvalue weighted by atomic mass is 9.45. The molecule has 0 aromatic carbocycles. The van der Waals surface area contributed by atoms with Crippen LogP contribution in [0.4, 0.5) is 0 Å². The molecule has 1 spiro atoms. The maximum absolute atomic E-state index is 14.3. The predicted octanol–water partition coefficient (Wildman–Crippen LogP) is 3.22. The van der Waals surface area contributed by atoms with E-state index in [9.17, 15) is 14.8 Å². The summed E-state index contributed by atoms with van der Waals surface area (Å²) in [6.07, 6.45) is 5.40. The number of esters is 1. The molecule has 2 heterocycles. The number of hydroxylamine groups is 3. The molecule has 0 aromatic heterocycles. The van der Waals surface area contributed by atoms with Crippen LogP contribution < -0.4 is 0 Å². The third-order valence-electron chi connectivity index (χ3n) is 10.4. The van der Waals surface area contributed by atoms with Crippen molar-refractivity contribution in [3.63, 3.8) is 0 Å². The zero-order valence-electron chi connectivity index (χ0n) is 17.2. The molecule has 0 N–H and O–H groups in total. The SMILES string of the molecule is COC(=O)C1C[C@]23C(=O)C4CC5[C@@]2(C)C(CCC2=C3C1CC2)C[N+]5([O-])CC4C. The fraction of sp³-hybridized carbons (Fsp3) is 0.826. The van der Waals surface area contributed by atoms with Gasteiger partial charge < -0.3 is 14.6 Å². The fourth-order valence-electron chi connectivity index (χ4n) is 9.37. The van der Waals surface area contributed by atoms with Crippen LogP contribution in [0.1, 0.15) is 52.4 Å². The minimum atomic E-state index is -0.587. The van der Waals surface area contributed by atoms with Crippen LogP contribution >= 0.6 is 0 Å². The number of quaternary nitrogens is 1. The molecule has 2 saturated heterocycles. The molecule has 5 heteroatoms. The molecule has 2 aliphatic heterocycles. The summed E-state index contributed by atoms with van der Waals surface area (Å²) in [7, 11) is 1.47. The van der Waals surface area contributed by atoms with E-state index in [1.165, 1.54) is 18.3 Å². The van der Waals surface area contributed by atoms with E-state index in [0.717, 1.165) is 32.1 Å². The van der Waals surface area contributed by atoms with Gasteiger partial charge in [0.1, 0.15) is 5.78 Å². The molecular weight excluding hydrogens is 354 g/mol. The van der Waals surface area contributed by atoms with Gasteiger partial charge in [0.25, 0.3) is 0 Å². The van der Waals surface area contributed by atoms with Gasteiger partial charge in [-0.25, -0.2) is 0 Å². The summed E-state index contributed by atoms with van der Waals surface area (Å²) in [4.78, 5) is 27.0. The van der Waals surface area contributed by atoms with E-state index in [0.29, 0.717) is 25.3 Å². The molecule has 28 heavy (non-hydrogen) atoms. The van der Waals surface area contributed by atoms with E-state index in [1.54, 1.807) is 0 Å². The number of nitrogens with zero attached hydrogens (tertiary/aromatic N) is 1. The summed E-state index contributed by atoms with van der Waals surface area (Å²) < 4.78 is 5.11. The molecule has 4 fully saturated rings. The first-order chi connectivity index (χ1) is 13.3. The summed E-state index contributed by atoms with van der Waals surface area (Å²) in [6, 6.07) is 0.0147. The molecule has 2 saturated carbocycles.